The van der Waals surface area contributed by atoms with E-state index in [1.54, 1.807) is 0 Å². The molecule has 2 aliphatic rings. The van der Waals surface area contributed by atoms with E-state index in [9.17, 15) is 13.2 Å². The molecule has 5 nitrogen and oxygen atoms in total. The number of tetrazole rings is 1. The molecule has 0 spiro atoms. The molecular formula is C22H20F3N5. The first-order valence-corrected chi connectivity index (χ1v) is 9.96. The van der Waals surface area contributed by atoms with Crippen molar-refractivity contribution in [1.29, 1.82) is 0 Å². The highest BCUT2D eigenvalue weighted by Crippen LogP contribution is 2.51. The van der Waals surface area contributed by atoms with Gasteiger partial charge in [0.05, 0.1) is 12.0 Å². The molecule has 3 aromatic rings. The number of nitrogens with zero attached hydrogens (tertiary/aromatic N) is 4. The van der Waals surface area contributed by atoms with Gasteiger partial charge >= 0.3 is 6.18 Å². The zero-order chi connectivity index (χ0) is 20.7. The molecule has 0 radical (unpaired) electrons. The lowest BCUT2D eigenvalue weighted by molar-refractivity contribution is -0.176. The molecule has 1 N–H and O–H groups in total. The van der Waals surface area contributed by atoms with Crippen molar-refractivity contribution in [3.05, 3.63) is 71.4 Å². The number of halogens is 3. The van der Waals surface area contributed by atoms with E-state index in [4.69, 9.17) is 0 Å². The fraction of sp³-hybridized carbons (Fsp3) is 0.318. The van der Waals surface area contributed by atoms with Gasteiger partial charge in [-0.15, -0.1) is 10.2 Å². The molecular weight excluding hydrogens is 391 g/mol. The molecule has 0 saturated carbocycles. The Morgan fingerprint density at radius 1 is 1.00 bits per heavy atom. The second-order valence-corrected chi connectivity index (χ2v) is 7.82. The molecule has 30 heavy (non-hydrogen) atoms. The fourth-order valence-electron chi connectivity index (χ4n) is 4.65. The zero-order valence-corrected chi connectivity index (χ0v) is 16.1. The number of aromatic nitrogens is 4. The van der Waals surface area contributed by atoms with Crippen LogP contribution in [0.15, 0.2) is 65.9 Å². The first kappa shape index (κ1) is 18.8. The van der Waals surface area contributed by atoms with Crippen LogP contribution in [0.3, 0.4) is 0 Å². The second-order valence-electron chi connectivity index (χ2n) is 7.82. The van der Waals surface area contributed by atoms with Gasteiger partial charge in [-0.2, -0.15) is 18.4 Å². The van der Waals surface area contributed by atoms with Crippen molar-refractivity contribution in [2.24, 2.45) is 5.92 Å². The molecule has 1 aliphatic heterocycles. The van der Waals surface area contributed by atoms with Crippen molar-refractivity contribution in [3.63, 3.8) is 0 Å². The topological polar surface area (TPSA) is 57.7 Å². The summed E-state index contributed by atoms with van der Waals surface area (Å²) in [7, 11) is 0. The summed E-state index contributed by atoms with van der Waals surface area (Å²) in [5.41, 5.74) is 4.78. The van der Waals surface area contributed by atoms with Crippen molar-refractivity contribution >= 4 is 5.69 Å². The number of rotatable bonds is 3. The third-order valence-electron chi connectivity index (χ3n) is 6.05. The smallest absolute Gasteiger partial charge is 0.337 e. The predicted molar refractivity (Wildman–Crippen MR) is 106 cm³/mol. The maximum absolute atomic E-state index is 13.4. The van der Waals surface area contributed by atoms with Gasteiger partial charge < -0.3 is 4.90 Å². The van der Waals surface area contributed by atoms with Crippen molar-refractivity contribution in [2.45, 2.75) is 37.9 Å². The van der Waals surface area contributed by atoms with E-state index in [2.05, 4.69) is 25.5 Å². The summed E-state index contributed by atoms with van der Waals surface area (Å²) in [6, 6.07) is 17.7. The van der Waals surface area contributed by atoms with Gasteiger partial charge in [-0.25, -0.2) is 0 Å². The van der Waals surface area contributed by atoms with Gasteiger partial charge in [0.25, 0.3) is 0 Å². The molecule has 5 rings (SSSR count). The van der Waals surface area contributed by atoms with E-state index >= 15 is 0 Å². The molecule has 0 amide bonds. The van der Waals surface area contributed by atoms with Crippen molar-refractivity contribution in [3.8, 4) is 11.4 Å². The standard InChI is InChI=1S/C22H20F3N5/c23-22(24,25)17-9-10-19-16(11-17)13-20(14-5-2-1-3-6-14)30(19)18-8-4-7-15(12-18)21-26-28-29-27-21/h1-8,12,17,20H,9-11,13H2,(H,26,27,28,29). The third kappa shape index (κ3) is 3.36. The third-order valence-corrected chi connectivity index (χ3v) is 6.05. The van der Waals surface area contributed by atoms with Crippen LogP contribution < -0.4 is 4.90 Å². The summed E-state index contributed by atoms with van der Waals surface area (Å²) >= 11 is 0. The van der Waals surface area contributed by atoms with Gasteiger partial charge in [-0.1, -0.05) is 42.5 Å². The minimum Gasteiger partial charge on any atom is -0.337 e. The average molecular weight is 411 g/mol. The van der Waals surface area contributed by atoms with Crippen molar-refractivity contribution in [1.82, 2.24) is 20.6 Å². The van der Waals surface area contributed by atoms with Crippen molar-refractivity contribution < 1.29 is 13.2 Å². The number of alkyl halides is 3. The van der Waals surface area contributed by atoms with Crippen LogP contribution in [0.25, 0.3) is 11.4 Å². The molecule has 2 unspecified atom stereocenters. The van der Waals surface area contributed by atoms with Gasteiger partial charge in [0.1, 0.15) is 0 Å². The SMILES string of the molecule is FC(F)(F)C1CCC2=C(CC(c3ccccc3)N2c2cccc(-c3nn[nH]n3)c2)C1. The molecule has 2 heterocycles. The Labute approximate surface area is 171 Å². The summed E-state index contributed by atoms with van der Waals surface area (Å²) < 4.78 is 40.2. The fourth-order valence-corrected chi connectivity index (χ4v) is 4.65. The van der Waals surface area contributed by atoms with E-state index < -0.39 is 12.1 Å². The molecule has 8 heteroatoms. The first-order valence-electron chi connectivity index (χ1n) is 9.96. The van der Waals surface area contributed by atoms with Crippen LogP contribution in [0.2, 0.25) is 0 Å². The Kier molecular flexibility index (Phi) is 4.56. The van der Waals surface area contributed by atoms with E-state index in [1.807, 2.05) is 54.6 Å². The van der Waals surface area contributed by atoms with Gasteiger partial charge in [0.2, 0.25) is 5.82 Å². The lowest BCUT2D eigenvalue weighted by Gasteiger charge is -2.33. The highest BCUT2D eigenvalue weighted by atomic mass is 19.4. The van der Waals surface area contributed by atoms with Gasteiger partial charge in [-0.05, 0) is 54.2 Å². The van der Waals surface area contributed by atoms with E-state index in [-0.39, 0.29) is 18.9 Å². The zero-order valence-electron chi connectivity index (χ0n) is 16.1. The minimum atomic E-state index is -4.15. The summed E-state index contributed by atoms with van der Waals surface area (Å²) in [6.45, 7) is 0. The number of hydrogen-bond acceptors (Lipinski definition) is 4. The number of nitrogens with one attached hydrogen (secondary N) is 1. The maximum Gasteiger partial charge on any atom is 0.392 e. The molecule has 0 saturated heterocycles. The molecule has 2 aromatic carbocycles. The van der Waals surface area contributed by atoms with Crippen LogP contribution in [0.4, 0.5) is 18.9 Å². The average Bonchev–Trinajstić information content (AvgIpc) is 3.41. The number of aromatic amines is 1. The van der Waals surface area contributed by atoms with E-state index in [0.717, 1.165) is 28.1 Å². The van der Waals surface area contributed by atoms with Gasteiger partial charge in [0, 0.05) is 16.9 Å². The summed E-state index contributed by atoms with van der Waals surface area (Å²) in [4.78, 5) is 2.21. The highest BCUT2D eigenvalue weighted by molar-refractivity contribution is 5.67. The number of allylic oxidation sites excluding steroid dienone is 1. The van der Waals surface area contributed by atoms with Gasteiger partial charge in [-0.3, -0.25) is 0 Å². The van der Waals surface area contributed by atoms with Crippen LogP contribution in [0.1, 0.15) is 37.3 Å². The second kappa shape index (κ2) is 7.27. The Bertz CT molecular complexity index is 1060. The Balaban J connectivity index is 1.56. The Morgan fingerprint density at radius 3 is 2.57 bits per heavy atom. The number of benzene rings is 2. The normalized spacial score (nSPS) is 21.8. The highest BCUT2D eigenvalue weighted by Gasteiger charge is 2.45. The largest absolute Gasteiger partial charge is 0.392 e. The number of hydrogen-bond donors (Lipinski definition) is 1. The van der Waals surface area contributed by atoms with Crippen LogP contribution >= 0.6 is 0 Å². The van der Waals surface area contributed by atoms with E-state index in [0.29, 0.717) is 18.7 Å². The maximum atomic E-state index is 13.4. The molecule has 0 bridgehead atoms. The summed E-state index contributed by atoms with van der Waals surface area (Å²) in [5, 5.41) is 14.2. The molecule has 1 aliphatic carbocycles. The molecule has 2 atom stereocenters. The number of anilines is 1. The van der Waals surface area contributed by atoms with Gasteiger partial charge in [0.15, 0.2) is 0 Å². The number of H-pyrrole nitrogens is 1. The lowest BCUT2D eigenvalue weighted by Crippen LogP contribution is -2.28. The summed E-state index contributed by atoms with van der Waals surface area (Å²) in [5.74, 6) is -0.763. The quantitative estimate of drug-likeness (QED) is 0.624. The lowest BCUT2D eigenvalue weighted by atomic mass is 9.85. The minimum absolute atomic E-state index is 0.0244. The van der Waals surface area contributed by atoms with Crippen LogP contribution in [0.5, 0.6) is 0 Å². The Hall–Kier alpha value is -3.16. The monoisotopic (exact) mass is 411 g/mol. The van der Waals surface area contributed by atoms with Crippen LogP contribution in [0, 0.1) is 5.92 Å². The van der Waals surface area contributed by atoms with Crippen molar-refractivity contribution in [2.75, 3.05) is 4.90 Å². The van der Waals surface area contributed by atoms with E-state index in [1.165, 1.54) is 0 Å². The molecule has 0 fully saturated rings. The first-order chi connectivity index (χ1) is 14.5. The Morgan fingerprint density at radius 2 is 1.83 bits per heavy atom. The molecule has 1 aromatic heterocycles. The molecule has 154 valence electrons. The van der Waals surface area contributed by atoms with Crippen LogP contribution in [-0.2, 0) is 0 Å². The summed E-state index contributed by atoms with van der Waals surface area (Å²) in [6.07, 6.45) is -2.89. The predicted octanol–water partition coefficient (Wildman–Crippen LogP) is 5.43. The van der Waals surface area contributed by atoms with Crippen LogP contribution in [-0.4, -0.2) is 26.8 Å².